The van der Waals surface area contributed by atoms with E-state index in [0.29, 0.717) is 16.8 Å². The van der Waals surface area contributed by atoms with E-state index in [4.69, 9.17) is 0 Å². The van der Waals surface area contributed by atoms with Gasteiger partial charge in [0.25, 0.3) is 11.8 Å². The molecular weight excluding hydrogens is 447 g/mol. The van der Waals surface area contributed by atoms with E-state index < -0.39 is 24.1 Å². The molecular formula is C21H14F3N3O4S. The molecule has 0 fully saturated rings. The zero-order valence-corrected chi connectivity index (χ0v) is 17.2. The Labute approximate surface area is 183 Å². The Kier molecular flexibility index (Phi) is 5.43. The number of halogens is 3. The van der Waals surface area contributed by atoms with E-state index in [1.165, 1.54) is 31.3 Å². The molecule has 0 saturated carbocycles. The molecule has 1 N–H and O–H groups in total. The molecule has 32 heavy (non-hydrogen) atoms. The maximum absolute atomic E-state index is 12.5. The summed E-state index contributed by atoms with van der Waals surface area (Å²) in [6, 6.07) is 10.1. The Bertz CT molecular complexity index is 1240. The molecule has 0 saturated heterocycles. The summed E-state index contributed by atoms with van der Waals surface area (Å²) < 4.78 is 41.2. The molecule has 0 spiro atoms. The smallest absolute Gasteiger partial charge is 0.406 e. The van der Waals surface area contributed by atoms with Gasteiger partial charge in [0, 0.05) is 18.0 Å². The summed E-state index contributed by atoms with van der Waals surface area (Å²) in [6.07, 6.45) is -4.96. The van der Waals surface area contributed by atoms with E-state index in [0.717, 1.165) is 16.2 Å². The summed E-state index contributed by atoms with van der Waals surface area (Å²) in [5, 5.41) is 4.43. The number of carbonyl (C=O) groups excluding carboxylic acids is 3. The van der Waals surface area contributed by atoms with Crippen molar-refractivity contribution in [1.82, 2.24) is 9.88 Å². The SMILES string of the molecule is CN1C(=O)c2cccc(CC(=O)Nc3nc(-c4cccc(OC(F)(F)F)c4)cs3)c2C1=O. The average molecular weight is 461 g/mol. The highest BCUT2D eigenvalue weighted by atomic mass is 32.1. The van der Waals surface area contributed by atoms with Gasteiger partial charge in [0.2, 0.25) is 5.91 Å². The van der Waals surface area contributed by atoms with Gasteiger partial charge in [-0.05, 0) is 23.8 Å². The molecule has 0 bridgehead atoms. The number of carbonyl (C=O) groups is 3. The van der Waals surface area contributed by atoms with Gasteiger partial charge in [0.05, 0.1) is 23.2 Å². The molecule has 1 aliphatic rings. The molecule has 0 atom stereocenters. The number of alkyl halides is 3. The molecule has 1 aromatic heterocycles. The van der Waals surface area contributed by atoms with E-state index in [-0.39, 0.29) is 28.4 Å². The number of rotatable bonds is 5. The van der Waals surface area contributed by atoms with E-state index >= 15 is 0 Å². The lowest BCUT2D eigenvalue weighted by Gasteiger charge is -2.09. The second kappa shape index (κ2) is 8.08. The van der Waals surface area contributed by atoms with Gasteiger partial charge in [-0.2, -0.15) is 0 Å². The first-order valence-corrected chi connectivity index (χ1v) is 10.1. The molecule has 0 radical (unpaired) electrons. The fourth-order valence-corrected chi connectivity index (χ4v) is 4.01. The maximum atomic E-state index is 12.5. The van der Waals surface area contributed by atoms with Crippen LogP contribution < -0.4 is 10.1 Å². The van der Waals surface area contributed by atoms with Crippen LogP contribution in [0, 0.1) is 0 Å². The van der Waals surface area contributed by atoms with Crippen LogP contribution in [0.25, 0.3) is 11.3 Å². The number of amides is 3. The third kappa shape index (κ3) is 4.33. The van der Waals surface area contributed by atoms with Gasteiger partial charge in [-0.3, -0.25) is 19.3 Å². The minimum absolute atomic E-state index is 0.153. The highest BCUT2D eigenvalue weighted by molar-refractivity contribution is 7.14. The zero-order chi connectivity index (χ0) is 23.0. The molecule has 7 nitrogen and oxygen atoms in total. The number of anilines is 1. The second-order valence-corrected chi connectivity index (χ2v) is 7.71. The minimum Gasteiger partial charge on any atom is -0.406 e. The summed E-state index contributed by atoms with van der Waals surface area (Å²) in [5.41, 5.74) is 1.62. The fourth-order valence-electron chi connectivity index (χ4n) is 3.27. The van der Waals surface area contributed by atoms with Gasteiger partial charge in [-0.25, -0.2) is 4.98 Å². The molecule has 2 heterocycles. The summed E-state index contributed by atoms with van der Waals surface area (Å²) in [7, 11) is 1.38. The Morgan fingerprint density at radius 3 is 2.66 bits per heavy atom. The molecule has 2 aromatic carbocycles. The first kappa shape index (κ1) is 21.5. The lowest BCUT2D eigenvalue weighted by molar-refractivity contribution is -0.274. The van der Waals surface area contributed by atoms with Crippen molar-refractivity contribution in [3.05, 3.63) is 64.5 Å². The average Bonchev–Trinajstić information content (AvgIpc) is 3.27. The first-order valence-electron chi connectivity index (χ1n) is 9.18. The number of hydrogen-bond donors (Lipinski definition) is 1. The van der Waals surface area contributed by atoms with Gasteiger partial charge < -0.3 is 10.1 Å². The number of fused-ring (bicyclic) bond motifs is 1. The van der Waals surface area contributed by atoms with Crippen molar-refractivity contribution in [1.29, 1.82) is 0 Å². The number of nitrogens with one attached hydrogen (secondary N) is 1. The summed E-state index contributed by atoms with van der Waals surface area (Å²) in [4.78, 5) is 42.2. The van der Waals surface area contributed by atoms with Crippen LogP contribution in [-0.2, 0) is 11.2 Å². The van der Waals surface area contributed by atoms with Crippen LogP contribution in [0.4, 0.5) is 18.3 Å². The topological polar surface area (TPSA) is 88.6 Å². The molecule has 4 rings (SSSR count). The number of aromatic nitrogens is 1. The van der Waals surface area contributed by atoms with Crippen LogP contribution >= 0.6 is 11.3 Å². The molecule has 1 aliphatic heterocycles. The second-order valence-electron chi connectivity index (χ2n) is 6.85. The van der Waals surface area contributed by atoms with Crippen LogP contribution in [0.5, 0.6) is 5.75 Å². The van der Waals surface area contributed by atoms with Crippen LogP contribution in [0.2, 0.25) is 0 Å². The Balaban J connectivity index is 1.48. The van der Waals surface area contributed by atoms with Crippen LogP contribution in [0.3, 0.4) is 0 Å². The number of thiazole rings is 1. The first-order chi connectivity index (χ1) is 15.1. The normalized spacial score (nSPS) is 13.3. The van der Waals surface area contributed by atoms with Gasteiger partial charge in [0.1, 0.15) is 5.75 Å². The molecule has 164 valence electrons. The van der Waals surface area contributed by atoms with E-state index in [1.807, 2.05) is 0 Å². The quantitative estimate of drug-likeness (QED) is 0.578. The Morgan fingerprint density at radius 2 is 1.91 bits per heavy atom. The number of imide groups is 1. The zero-order valence-electron chi connectivity index (χ0n) is 16.4. The fraction of sp³-hybridized carbons (Fsp3) is 0.143. The summed E-state index contributed by atoms with van der Waals surface area (Å²) >= 11 is 1.09. The van der Waals surface area contributed by atoms with Gasteiger partial charge in [0.15, 0.2) is 5.13 Å². The number of benzene rings is 2. The highest BCUT2D eigenvalue weighted by Crippen LogP contribution is 2.30. The Hall–Kier alpha value is -3.73. The third-order valence-corrected chi connectivity index (χ3v) is 5.43. The molecule has 3 amide bonds. The number of hydrogen-bond acceptors (Lipinski definition) is 6. The van der Waals surface area contributed by atoms with Crippen molar-refractivity contribution >= 4 is 34.2 Å². The van der Waals surface area contributed by atoms with E-state index in [2.05, 4.69) is 15.0 Å². The van der Waals surface area contributed by atoms with Crippen molar-refractivity contribution in [3.8, 4) is 17.0 Å². The lowest BCUT2D eigenvalue weighted by Crippen LogP contribution is -2.24. The molecule has 0 aliphatic carbocycles. The van der Waals surface area contributed by atoms with Crippen molar-refractivity contribution in [3.63, 3.8) is 0 Å². The summed E-state index contributed by atoms with van der Waals surface area (Å²) in [5.74, 6) is -1.72. The molecule has 3 aromatic rings. The molecule has 11 heteroatoms. The highest BCUT2D eigenvalue weighted by Gasteiger charge is 2.35. The van der Waals surface area contributed by atoms with Gasteiger partial charge >= 0.3 is 6.36 Å². The van der Waals surface area contributed by atoms with Crippen LogP contribution in [0.1, 0.15) is 26.3 Å². The predicted octanol–water partition coefficient (Wildman–Crippen LogP) is 4.12. The van der Waals surface area contributed by atoms with Crippen molar-refractivity contribution in [2.75, 3.05) is 12.4 Å². The Morgan fingerprint density at radius 1 is 1.16 bits per heavy atom. The van der Waals surface area contributed by atoms with Gasteiger partial charge in [-0.1, -0.05) is 24.3 Å². The predicted molar refractivity (Wildman–Crippen MR) is 109 cm³/mol. The van der Waals surface area contributed by atoms with Crippen molar-refractivity contribution < 1.29 is 32.3 Å². The number of nitrogens with zero attached hydrogens (tertiary/aromatic N) is 2. The largest absolute Gasteiger partial charge is 0.573 e. The monoisotopic (exact) mass is 461 g/mol. The summed E-state index contributed by atoms with van der Waals surface area (Å²) in [6.45, 7) is 0. The van der Waals surface area contributed by atoms with Crippen LogP contribution in [0.15, 0.2) is 47.8 Å². The third-order valence-electron chi connectivity index (χ3n) is 4.67. The maximum Gasteiger partial charge on any atom is 0.573 e. The number of ether oxygens (including phenoxy) is 1. The molecule has 0 unspecified atom stereocenters. The van der Waals surface area contributed by atoms with E-state index in [9.17, 15) is 27.6 Å². The lowest BCUT2D eigenvalue weighted by atomic mass is 10.00. The van der Waals surface area contributed by atoms with Crippen molar-refractivity contribution in [2.45, 2.75) is 12.8 Å². The van der Waals surface area contributed by atoms with E-state index in [1.54, 1.807) is 23.6 Å². The van der Waals surface area contributed by atoms with Gasteiger partial charge in [-0.15, -0.1) is 24.5 Å². The van der Waals surface area contributed by atoms with Crippen LogP contribution in [-0.4, -0.2) is 41.0 Å². The standard InChI is InChI=1S/C21H14F3N3O4S/c1-27-18(29)14-7-3-5-12(17(14)19(27)30)9-16(28)26-20-25-15(10-32-20)11-4-2-6-13(8-11)31-21(22,23)24/h2-8,10H,9H2,1H3,(H,25,26,28). The van der Waals surface area contributed by atoms with Crippen molar-refractivity contribution in [2.24, 2.45) is 0 Å². The minimum atomic E-state index is -4.81.